The second kappa shape index (κ2) is 59.7. The molecule has 776 valence electrons. The number of primary amides is 1. The molecule has 4 aromatic rings. The van der Waals surface area contributed by atoms with Crippen LogP contribution in [-0.4, -0.2) is 376 Å². The molecule has 0 saturated carbocycles. The number of para-hydroxylation sites is 2. The van der Waals surface area contributed by atoms with Crippen LogP contribution in [0.15, 0.2) is 60.9 Å². The Balaban J connectivity index is 0.00000888. The van der Waals surface area contributed by atoms with E-state index in [2.05, 4.69) is 63.1 Å². The number of aliphatic carboxylic acids is 1. The molecule has 4 aliphatic heterocycles. The molecule has 4 bridgehead atoms. The van der Waals surface area contributed by atoms with E-state index in [-0.39, 0.29) is 196 Å². The minimum Gasteiger partial charge on any atom is -0.481 e. The van der Waals surface area contributed by atoms with Gasteiger partial charge >= 0.3 is 12.1 Å². The molecule has 0 unspecified atom stereocenters. The van der Waals surface area contributed by atoms with Gasteiger partial charge in [0, 0.05) is 185 Å². The predicted molar refractivity (Wildman–Crippen MR) is 518 cm³/mol. The number of aliphatic hydroxyl groups excluding tert-OH is 1. The summed E-state index contributed by atoms with van der Waals surface area (Å²) in [6.45, 7) is 9.06. The van der Waals surface area contributed by atoms with Gasteiger partial charge in [-0.25, -0.2) is 0 Å². The fraction of sp³-hybridized carbons (Fsp3) is 0.613. The van der Waals surface area contributed by atoms with E-state index >= 15 is 14.4 Å². The molecule has 16 amide bonds. The van der Waals surface area contributed by atoms with Crippen LogP contribution in [0.5, 0.6) is 0 Å². The van der Waals surface area contributed by atoms with Crippen LogP contribution in [0.1, 0.15) is 124 Å². The lowest BCUT2D eigenvalue weighted by molar-refractivity contribution is -0.192. The number of ether oxygens (including phenoxy) is 3. The Kier molecular flexibility index (Phi) is 49.2. The van der Waals surface area contributed by atoms with Gasteiger partial charge in [0.15, 0.2) is 11.6 Å². The molecular formula is C93H135N19O26S3. The van der Waals surface area contributed by atoms with Crippen molar-refractivity contribution >= 4 is 175 Å². The number of aromatic amines is 2. The number of nitrogens with one attached hydrogen (secondary N) is 12. The van der Waals surface area contributed by atoms with Crippen LogP contribution in [0.3, 0.4) is 0 Å². The Hall–Kier alpha value is -11.9. The van der Waals surface area contributed by atoms with Gasteiger partial charge in [-0.15, -0.1) is 0 Å². The number of Topliss-reactive ketones (excluding diaryl/α,β-unsaturated/α-hetero) is 2. The third kappa shape index (κ3) is 37.5. The molecule has 48 heteroatoms. The molecule has 45 nitrogen and oxygen atoms in total. The lowest BCUT2D eigenvalue weighted by Crippen LogP contribution is -2.61. The molecular weight excluding hydrogens is 1900 g/mol. The Morgan fingerprint density at radius 3 is 1.52 bits per heavy atom. The maximum absolute atomic E-state index is 15.5. The topological polar surface area (TPSA) is 647 Å². The van der Waals surface area contributed by atoms with E-state index in [4.69, 9.17) is 35.3 Å². The van der Waals surface area contributed by atoms with Gasteiger partial charge in [-0.2, -0.15) is 44.9 Å². The van der Waals surface area contributed by atoms with Crippen molar-refractivity contribution in [2.24, 2.45) is 35.1 Å². The van der Waals surface area contributed by atoms with Crippen molar-refractivity contribution in [1.29, 1.82) is 0 Å². The number of thioether (sulfide) groups is 3. The van der Waals surface area contributed by atoms with E-state index in [1.807, 2.05) is 0 Å². The number of carboxylic acids is 1. The molecule has 4 fully saturated rings. The van der Waals surface area contributed by atoms with Gasteiger partial charge < -0.3 is 124 Å². The summed E-state index contributed by atoms with van der Waals surface area (Å²) in [6, 6.07) is -1.06. The van der Waals surface area contributed by atoms with Crippen LogP contribution in [0, 0.1) is 23.7 Å². The number of carboxylic acid groups (broad SMARTS) is 1. The molecule has 8 rings (SSSR count). The zero-order valence-electron chi connectivity index (χ0n) is 80.8. The summed E-state index contributed by atoms with van der Waals surface area (Å²) in [4.78, 5) is 302. The molecule has 13 atom stereocenters. The van der Waals surface area contributed by atoms with Crippen LogP contribution in [0.25, 0.3) is 21.8 Å². The van der Waals surface area contributed by atoms with Gasteiger partial charge in [-0.3, -0.25) is 91.1 Å². The van der Waals surface area contributed by atoms with Crippen molar-refractivity contribution in [3.05, 3.63) is 72.1 Å². The van der Waals surface area contributed by atoms with E-state index in [0.717, 1.165) is 40.2 Å². The van der Waals surface area contributed by atoms with Crippen molar-refractivity contribution < 1.29 is 125 Å². The first-order valence-corrected chi connectivity index (χ1v) is 50.6. The zero-order chi connectivity index (χ0) is 104. The first-order valence-electron chi connectivity index (χ1n) is 47.2. The van der Waals surface area contributed by atoms with Crippen LogP contribution in [0.4, 0.5) is 0 Å². The van der Waals surface area contributed by atoms with Crippen molar-refractivity contribution in [3.8, 4) is 0 Å². The molecule has 0 aliphatic carbocycles. The van der Waals surface area contributed by atoms with Crippen LogP contribution < -0.4 is 64.6 Å². The molecule has 6 heterocycles. The zero-order valence-corrected chi connectivity index (χ0v) is 83.2. The molecule has 18 N–H and O–H groups in total. The summed E-state index contributed by atoms with van der Waals surface area (Å²) >= 11 is 3.28. The maximum atomic E-state index is 15.5. The minimum atomic E-state index is -1.96. The summed E-state index contributed by atoms with van der Waals surface area (Å²) < 4.78 is 18.3. The van der Waals surface area contributed by atoms with E-state index in [1.165, 1.54) is 54.3 Å². The number of aliphatic hydroxyl groups is 1. The van der Waals surface area contributed by atoms with Crippen LogP contribution in [0.2, 0.25) is 0 Å². The van der Waals surface area contributed by atoms with E-state index in [0.29, 0.717) is 39.4 Å². The fourth-order valence-corrected chi connectivity index (χ4v) is 19.0. The van der Waals surface area contributed by atoms with E-state index in [1.54, 1.807) is 81.7 Å². The second-order valence-corrected chi connectivity index (χ2v) is 38.8. The molecule has 4 saturated heterocycles. The Labute approximate surface area is 829 Å². The third-order valence-electron chi connectivity index (χ3n) is 24.2. The summed E-state index contributed by atoms with van der Waals surface area (Å²) in [6.07, 6.45) is -1.10. The highest BCUT2D eigenvalue weighted by Crippen LogP contribution is 2.27. The fourth-order valence-electron chi connectivity index (χ4n) is 16.1. The van der Waals surface area contributed by atoms with Gasteiger partial charge in [0.25, 0.3) is 0 Å². The van der Waals surface area contributed by atoms with Gasteiger partial charge in [0.05, 0.1) is 77.2 Å². The number of carbonyl (C=O) groups excluding carboxylic acids is 20. The minimum absolute atomic E-state index is 0.00203. The maximum Gasteiger partial charge on any atom is 0.373 e. The van der Waals surface area contributed by atoms with E-state index in [9.17, 15) is 86.9 Å². The average Bonchev–Trinajstić information content (AvgIpc) is 1.71. The number of hydrogen-bond acceptors (Lipinski definition) is 29. The number of likely N-dealkylation sites (N-methyl/N-ethyl adjacent to an activating group) is 1. The standard InChI is InChI=1S/C92H135N19O24S3.CO2/c1-9-57-43-72(114)82(56(7)112)106-85(125)60(44-71(113)55(6)98-74(116)49-107(8)75(117)20-24-93)50-136-38-21-76(118)108-26-32-133-34-28-109-29-35-135-37-31-110(30-36-134-33-27-108)78(120)23-40-138-52-69(103-84(57)124)89(129)100-66(42-59-47-96-64-18-13-11-16-62(59)64)88(128)104-80(53(2)3)91(131)101-67(45-79(121)122)86(126)97-48-73(115)99-65(41-58-46-95-63-17-12-10-15-61(58)63)87(127)105-81(54(4)5)92(132)111-25-14-19-70(111)90(130)102-68(83(94)123)51-137-39-22-77(109)119;2-1-3/h10-13,15-18,46-47,53-57,60,65-70,80-82,95-96,112H,9,14,19-45,48-52,93H2,1-8H3,(H2,94,123)(H,97,126)(H,98,116)(H,99,115)(H,100,129)(H,101,131)(H,102,130)(H,103,124)(H,104,128)(H,105,127)(H,106,125)(H,121,122);/t55-,56+,57+,60-,65-,66-,67-,68-,69-,70-,80-,81-,82-;/m0./s1. The molecule has 0 spiro atoms. The Bertz CT molecular complexity index is 5010. The number of nitrogens with two attached hydrogens (primary N) is 2. The largest absolute Gasteiger partial charge is 0.481 e. The lowest BCUT2D eigenvalue weighted by Gasteiger charge is -2.32. The van der Waals surface area contributed by atoms with Gasteiger partial charge in [-0.1, -0.05) is 71.0 Å². The molecule has 0 radical (unpaired) electrons. The molecule has 4 aliphatic rings. The van der Waals surface area contributed by atoms with Crippen molar-refractivity contribution in [2.75, 3.05) is 147 Å². The lowest BCUT2D eigenvalue weighted by atomic mass is 9.92. The number of H-pyrrole nitrogens is 2. The quantitative estimate of drug-likeness (QED) is 0.0454. The predicted octanol–water partition coefficient (Wildman–Crippen LogP) is -2.69. The van der Waals surface area contributed by atoms with Crippen molar-refractivity contribution in [1.82, 2.24) is 87.6 Å². The third-order valence-corrected chi connectivity index (χ3v) is 27.4. The number of benzene rings is 2. The number of aromatic nitrogens is 2. The molecule has 2 aromatic carbocycles. The smallest absolute Gasteiger partial charge is 0.373 e. The number of rotatable bonds is 19. The number of amides is 16. The summed E-state index contributed by atoms with van der Waals surface area (Å²) in [5.74, 6) is -20.3. The van der Waals surface area contributed by atoms with Gasteiger partial charge in [-0.05, 0) is 68.2 Å². The second-order valence-electron chi connectivity index (χ2n) is 35.3. The summed E-state index contributed by atoms with van der Waals surface area (Å²) in [7, 11) is 1.38. The van der Waals surface area contributed by atoms with E-state index < -0.39 is 223 Å². The number of fused-ring (bicyclic) bond motifs is 18. The monoisotopic (exact) mass is 2030 g/mol. The number of ketones is 2. The SMILES string of the molecule is CC[C@@H]1CC(=O)[C@H]([C@@H](C)O)NC(=O)[C@@H](CC(=O)[C@H](C)NC(=O)CN(C)C(=O)CCN)CSCCC(=O)N2CCOCCN3CCOCCN(CCOCC2)C(=O)CCSC[C@H](NC1=O)C(=O)N[C@@H](Cc1c[nH]c2ccccc12)C(=O)N[C@@H](C(C)C)C(=O)N[C@@H](CC(=O)O)C(=O)NCC(=O)N[C@@H](Cc1c[nH]c2ccccc12)C(=O)N[C@@H](C(C)C)C(=O)N1CCC[C@H]1C(=O)N[C@H](C(N)=O)CSCCC3=O.O=C=O. The Morgan fingerprint density at radius 1 is 0.553 bits per heavy atom. The van der Waals surface area contributed by atoms with Crippen LogP contribution in [-0.2, 0) is 128 Å². The average molecular weight is 2030 g/mol. The van der Waals surface area contributed by atoms with Gasteiger partial charge in [0.2, 0.25) is 94.5 Å². The summed E-state index contributed by atoms with van der Waals surface area (Å²) in [5.41, 5.74) is 13.8. The first kappa shape index (κ1) is 116. The number of nitrogens with zero attached hydrogens (tertiary/aromatic N) is 5. The van der Waals surface area contributed by atoms with Gasteiger partial charge in [0.1, 0.15) is 54.4 Å². The number of hydrogen-bond donors (Lipinski definition) is 16. The number of carbonyl (C=O) groups is 19. The first-order chi connectivity index (χ1) is 67.3. The van der Waals surface area contributed by atoms with Crippen molar-refractivity contribution in [3.63, 3.8) is 0 Å². The summed E-state index contributed by atoms with van der Waals surface area (Å²) in [5, 5.41) is 49.1. The normalized spacial score (nSPS) is 24.2. The van der Waals surface area contributed by atoms with Crippen molar-refractivity contribution in [2.45, 2.75) is 192 Å². The highest BCUT2D eigenvalue weighted by Gasteiger charge is 2.43. The molecule has 141 heavy (non-hydrogen) atoms. The highest BCUT2D eigenvalue weighted by molar-refractivity contribution is 7.99. The van der Waals surface area contributed by atoms with Crippen LogP contribution >= 0.6 is 35.3 Å². The Morgan fingerprint density at radius 2 is 1.03 bits per heavy atom. The molecule has 2 aromatic heterocycles. The highest BCUT2D eigenvalue weighted by atomic mass is 32.2.